The second-order valence-electron chi connectivity index (χ2n) is 5.67. The lowest BCUT2D eigenvalue weighted by Crippen LogP contribution is -2.34. The molecule has 0 amide bonds. The first kappa shape index (κ1) is 16.1. The Kier molecular flexibility index (Phi) is 4.42. The maximum atomic E-state index is 6.28. The summed E-state index contributed by atoms with van der Waals surface area (Å²) in [7, 11) is 0. The van der Waals surface area contributed by atoms with E-state index in [0.717, 1.165) is 36.1 Å². The number of anilines is 2. The molecule has 9 heteroatoms. The molecule has 0 spiro atoms. The van der Waals surface area contributed by atoms with E-state index in [9.17, 15) is 0 Å². The molecule has 0 saturated carbocycles. The van der Waals surface area contributed by atoms with Crippen molar-refractivity contribution in [2.45, 2.75) is 19.6 Å². The Hall–Kier alpha value is -2.38. The van der Waals surface area contributed by atoms with Crippen LogP contribution in [0.3, 0.4) is 0 Å². The van der Waals surface area contributed by atoms with Gasteiger partial charge in [0.05, 0.1) is 47.3 Å². The predicted octanol–water partition coefficient (Wildman–Crippen LogP) is 3.01. The average molecular weight is 376 g/mol. The van der Waals surface area contributed by atoms with Gasteiger partial charge in [0.25, 0.3) is 0 Å². The summed E-state index contributed by atoms with van der Waals surface area (Å²) >= 11 is 12.2. The quantitative estimate of drug-likeness (QED) is 0.755. The van der Waals surface area contributed by atoms with E-state index >= 15 is 0 Å². The van der Waals surface area contributed by atoms with Crippen molar-refractivity contribution in [1.29, 1.82) is 0 Å². The number of fused-ring (bicyclic) bond motifs is 1. The van der Waals surface area contributed by atoms with Crippen LogP contribution in [0.5, 0.6) is 0 Å². The first-order chi connectivity index (χ1) is 12.2. The lowest BCUT2D eigenvalue weighted by molar-refractivity contribution is 0.514. The molecule has 0 saturated heterocycles. The molecule has 1 aliphatic heterocycles. The van der Waals surface area contributed by atoms with Crippen molar-refractivity contribution in [2.24, 2.45) is 0 Å². The van der Waals surface area contributed by atoms with Crippen LogP contribution in [-0.4, -0.2) is 31.3 Å². The van der Waals surface area contributed by atoms with E-state index in [0.29, 0.717) is 23.1 Å². The largest absolute Gasteiger partial charge is 0.363 e. The normalized spacial score (nSPS) is 13.6. The predicted molar refractivity (Wildman–Crippen MR) is 96.9 cm³/mol. The number of aromatic nitrogens is 5. The van der Waals surface area contributed by atoms with Gasteiger partial charge in [-0.3, -0.25) is 9.67 Å². The first-order valence-electron chi connectivity index (χ1n) is 7.80. The number of halogens is 2. The van der Waals surface area contributed by atoms with Gasteiger partial charge in [-0.2, -0.15) is 5.10 Å². The van der Waals surface area contributed by atoms with Gasteiger partial charge in [0.2, 0.25) is 0 Å². The van der Waals surface area contributed by atoms with Crippen LogP contribution in [-0.2, 0) is 19.6 Å². The van der Waals surface area contributed by atoms with Gasteiger partial charge in [0.1, 0.15) is 11.6 Å². The minimum Gasteiger partial charge on any atom is -0.363 e. The second kappa shape index (κ2) is 6.85. The molecule has 0 aliphatic carbocycles. The molecule has 25 heavy (non-hydrogen) atoms. The number of nitrogens with zero attached hydrogens (tertiary/aromatic N) is 6. The smallest absolute Gasteiger partial charge is 0.147 e. The lowest BCUT2D eigenvalue weighted by Gasteiger charge is -2.29. The Morgan fingerprint density at radius 1 is 1.08 bits per heavy atom. The summed E-state index contributed by atoms with van der Waals surface area (Å²) in [6.45, 7) is 2.87. The molecule has 0 aromatic carbocycles. The van der Waals surface area contributed by atoms with Crippen LogP contribution in [0.4, 0.5) is 11.6 Å². The topological polar surface area (TPSA) is 71.8 Å². The highest BCUT2D eigenvalue weighted by Gasteiger charge is 2.21. The van der Waals surface area contributed by atoms with Crippen LogP contribution < -0.4 is 10.2 Å². The number of rotatable bonds is 4. The molecule has 3 aromatic heterocycles. The first-order valence-corrected chi connectivity index (χ1v) is 8.56. The third-order valence-corrected chi connectivity index (χ3v) is 4.44. The van der Waals surface area contributed by atoms with Crippen molar-refractivity contribution in [1.82, 2.24) is 24.7 Å². The molecule has 1 aliphatic rings. The van der Waals surface area contributed by atoms with Crippen molar-refractivity contribution >= 4 is 34.8 Å². The lowest BCUT2D eigenvalue weighted by atomic mass is 10.2. The summed E-state index contributed by atoms with van der Waals surface area (Å²) < 4.78 is 2.02. The highest BCUT2D eigenvalue weighted by Crippen LogP contribution is 2.28. The van der Waals surface area contributed by atoms with Gasteiger partial charge in [-0.1, -0.05) is 23.2 Å². The van der Waals surface area contributed by atoms with Gasteiger partial charge >= 0.3 is 0 Å². The van der Waals surface area contributed by atoms with Crippen molar-refractivity contribution in [3.63, 3.8) is 0 Å². The van der Waals surface area contributed by atoms with Crippen LogP contribution in [0.1, 0.15) is 11.4 Å². The monoisotopic (exact) mass is 375 g/mol. The van der Waals surface area contributed by atoms with Gasteiger partial charge < -0.3 is 10.2 Å². The fourth-order valence-electron chi connectivity index (χ4n) is 2.80. The SMILES string of the molecule is Clc1cnc(N2CCn3nc(CNc4cnccn4)cc3C2)c(Cl)c1. The molecule has 1 N–H and O–H groups in total. The minimum absolute atomic E-state index is 0.535. The molecular weight excluding hydrogens is 361 g/mol. The van der Waals surface area contributed by atoms with Crippen molar-refractivity contribution in [3.8, 4) is 0 Å². The van der Waals surface area contributed by atoms with E-state index in [4.69, 9.17) is 23.2 Å². The van der Waals surface area contributed by atoms with E-state index in [1.165, 1.54) is 0 Å². The minimum atomic E-state index is 0.535. The molecular formula is C16H15Cl2N7. The van der Waals surface area contributed by atoms with Crippen LogP contribution in [0.2, 0.25) is 10.0 Å². The van der Waals surface area contributed by atoms with Crippen LogP contribution in [0.25, 0.3) is 0 Å². The fourth-order valence-corrected chi connectivity index (χ4v) is 3.30. The van der Waals surface area contributed by atoms with Crippen molar-refractivity contribution < 1.29 is 0 Å². The molecule has 7 nitrogen and oxygen atoms in total. The summed E-state index contributed by atoms with van der Waals surface area (Å²) in [5.74, 6) is 1.48. The van der Waals surface area contributed by atoms with Crippen LogP contribution in [0, 0.1) is 0 Å². The third-order valence-electron chi connectivity index (χ3n) is 3.95. The zero-order valence-corrected chi connectivity index (χ0v) is 14.7. The number of pyridine rings is 1. The second-order valence-corrected chi connectivity index (χ2v) is 6.52. The summed E-state index contributed by atoms with van der Waals surface area (Å²) in [6.07, 6.45) is 6.60. The zero-order valence-electron chi connectivity index (χ0n) is 13.2. The van der Waals surface area contributed by atoms with Gasteiger partial charge in [0.15, 0.2) is 0 Å². The molecule has 3 aromatic rings. The molecule has 0 fully saturated rings. The van der Waals surface area contributed by atoms with E-state index in [1.807, 2.05) is 4.68 Å². The van der Waals surface area contributed by atoms with Gasteiger partial charge in [-0.05, 0) is 12.1 Å². The van der Waals surface area contributed by atoms with Crippen LogP contribution >= 0.6 is 23.2 Å². The van der Waals surface area contributed by atoms with Crippen LogP contribution in [0.15, 0.2) is 36.9 Å². The zero-order chi connectivity index (χ0) is 17.2. The molecule has 0 atom stereocenters. The molecule has 0 bridgehead atoms. The summed E-state index contributed by atoms with van der Waals surface area (Å²) in [4.78, 5) is 14.7. The number of nitrogens with one attached hydrogen (secondary N) is 1. The Morgan fingerprint density at radius 2 is 2.00 bits per heavy atom. The van der Waals surface area contributed by atoms with Gasteiger partial charge in [-0.15, -0.1) is 0 Å². The van der Waals surface area contributed by atoms with E-state index in [1.54, 1.807) is 30.9 Å². The molecule has 0 unspecified atom stereocenters. The Morgan fingerprint density at radius 3 is 2.80 bits per heavy atom. The van der Waals surface area contributed by atoms with E-state index in [2.05, 4.69) is 36.3 Å². The standard InChI is InChI=1S/C16H15Cl2N7/c17-11-5-14(18)16(22-7-11)24-3-4-25-13(10-24)6-12(23-25)8-21-15-9-19-1-2-20-15/h1-2,5-7,9H,3-4,8,10H2,(H,20,21). The van der Waals surface area contributed by atoms with Gasteiger partial charge in [-0.25, -0.2) is 9.97 Å². The number of hydrogen-bond donors (Lipinski definition) is 1. The average Bonchev–Trinajstić information content (AvgIpc) is 3.03. The van der Waals surface area contributed by atoms with Gasteiger partial charge in [0, 0.05) is 25.1 Å². The molecule has 4 heterocycles. The highest BCUT2D eigenvalue weighted by atomic mass is 35.5. The van der Waals surface area contributed by atoms with Crippen molar-refractivity contribution in [3.05, 3.63) is 58.4 Å². The summed E-state index contributed by atoms with van der Waals surface area (Å²) in [5, 5.41) is 8.95. The molecule has 128 valence electrons. The molecule has 4 rings (SSSR count). The fraction of sp³-hybridized carbons (Fsp3) is 0.250. The Balaban J connectivity index is 1.47. The van der Waals surface area contributed by atoms with E-state index < -0.39 is 0 Å². The maximum Gasteiger partial charge on any atom is 0.147 e. The maximum absolute atomic E-state index is 6.28. The third kappa shape index (κ3) is 3.52. The number of hydrogen-bond acceptors (Lipinski definition) is 6. The highest BCUT2D eigenvalue weighted by molar-refractivity contribution is 6.36. The Bertz CT molecular complexity index is 881. The van der Waals surface area contributed by atoms with Crippen molar-refractivity contribution in [2.75, 3.05) is 16.8 Å². The summed E-state index contributed by atoms with van der Waals surface area (Å²) in [6, 6.07) is 3.80. The van der Waals surface area contributed by atoms with E-state index in [-0.39, 0.29) is 0 Å². The Labute approximate surface area is 154 Å². The molecule has 0 radical (unpaired) electrons. The summed E-state index contributed by atoms with van der Waals surface area (Å²) in [5.41, 5.74) is 2.08.